The molecule has 1 saturated carbocycles. The second-order valence-corrected chi connectivity index (χ2v) is 12.6. The van der Waals surface area contributed by atoms with Gasteiger partial charge in [0.15, 0.2) is 0 Å². The summed E-state index contributed by atoms with van der Waals surface area (Å²) in [6.07, 6.45) is 10.6. The van der Waals surface area contributed by atoms with Gasteiger partial charge in [-0.25, -0.2) is 8.42 Å². The molecule has 0 N–H and O–H groups in total. The van der Waals surface area contributed by atoms with Crippen molar-refractivity contribution in [2.75, 3.05) is 0 Å². The van der Waals surface area contributed by atoms with Crippen molar-refractivity contribution < 1.29 is 12.8 Å². The zero-order chi connectivity index (χ0) is 28.1. The lowest BCUT2D eigenvalue weighted by atomic mass is 9.95. The predicted molar refractivity (Wildman–Crippen MR) is 163 cm³/mol. The second kappa shape index (κ2) is 12.2. The maximum absolute atomic E-state index is 14.6. The first-order valence-electron chi connectivity index (χ1n) is 14.3. The number of hydrogen-bond acceptors (Lipinski definition) is 4. The largest absolute Gasteiger partial charge is 0.464 e. The highest BCUT2D eigenvalue weighted by molar-refractivity contribution is 7.89. The van der Waals surface area contributed by atoms with Crippen LogP contribution in [0.15, 0.2) is 125 Å². The third kappa shape index (κ3) is 6.19. The Morgan fingerprint density at radius 1 is 0.756 bits per heavy atom. The van der Waals surface area contributed by atoms with Crippen molar-refractivity contribution in [1.29, 1.82) is 0 Å². The summed E-state index contributed by atoms with van der Waals surface area (Å²) in [4.78, 5) is 4.61. The molecule has 0 aliphatic heterocycles. The van der Waals surface area contributed by atoms with E-state index in [0.717, 1.165) is 65.5 Å². The summed E-state index contributed by atoms with van der Waals surface area (Å²) in [6, 6.07) is 31.7. The molecule has 0 unspecified atom stereocenters. The molecule has 0 radical (unpaired) electrons. The lowest BCUT2D eigenvalue weighted by molar-refractivity contribution is 0.247. The van der Waals surface area contributed by atoms with Gasteiger partial charge in [0.1, 0.15) is 5.76 Å². The van der Waals surface area contributed by atoms with Gasteiger partial charge in [0, 0.05) is 37.0 Å². The molecule has 3 aromatic carbocycles. The van der Waals surface area contributed by atoms with Gasteiger partial charge in [0.2, 0.25) is 10.0 Å². The lowest BCUT2D eigenvalue weighted by Gasteiger charge is -2.34. The first-order valence-corrected chi connectivity index (χ1v) is 15.7. The van der Waals surface area contributed by atoms with E-state index in [2.05, 4.69) is 41.4 Å². The topological polar surface area (TPSA) is 63.4 Å². The molecule has 41 heavy (non-hydrogen) atoms. The number of rotatable bonds is 9. The molecule has 6 rings (SSSR count). The Bertz CT molecular complexity index is 1660. The Hall–Kier alpha value is -4.00. The van der Waals surface area contributed by atoms with Gasteiger partial charge in [-0.05, 0) is 77.1 Å². The molecule has 0 bridgehead atoms. The van der Waals surface area contributed by atoms with Gasteiger partial charge in [-0.3, -0.25) is 4.98 Å². The fraction of sp³-hybridized carbons (Fsp3) is 0.229. The van der Waals surface area contributed by atoms with Crippen molar-refractivity contribution >= 4 is 10.0 Å². The SMILES string of the molecule is O=S(=O)(c1ccc(-c2ccco2)cc1Cc1cccnc1)N(Cc1ccc(-c2ccccc2)cc1)C1CCCCC1. The van der Waals surface area contributed by atoms with E-state index in [1.807, 2.05) is 54.6 Å². The van der Waals surface area contributed by atoms with E-state index in [9.17, 15) is 8.42 Å². The van der Waals surface area contributed by atoms with Crippen LogP contribution in [0.5, 0.6) is 0 Å². The van der Waals surface area contributed by atoms with Gasteiger partial charge in [0.25, 0.3) is 0 Å². The zero-order valence-corrected chi connectivity index (χ0v) is 23.8. The van der Waals surface area contributed by atoms with E-state index in [0.29, 0.717) is 23.6 Å². The van der Waals surface area contributed by atoms with E-state index in [4.69, 9.17) is 4.42 Å². The molecule has 1 aliphatic carbocycles. The van der Waals surface area contributed by atoms with Gasteiger partial charge in [-0.1, -0.05) is 79.9 Å². The molecule has 1 fully saturated rings. The van der Waals surface area contributed by atoms with Gasteiger partial charge in [0.05, 0.1) is 11.2 Å². The number of benzene rings is 3. The Morgan fingerprint density at radius 3 is 2.22 bits per heavy atom. The van der Waals surface area contributed by atoms with Crippen LogP contribution >= 0.6 is 0 Å². The summed E-state index contributed by atoms with van der Waals surface area (Å²) < 4.78 is 36.6. The standard InChI is InChI=1S/C35H34N2O3S/c38-41(39,35-20-19-31(34-14-8-22-40-34)24-32(35)23-28-9-7-21-36-25-28)37(33-12-5-2-6-13-33)26-27-15-17-30(18-16-27)29-10-3-1-4-11-29/h1,3-4,7-11,14-22,24-25,33H,2,5-6,12-13,23,26H2. The maximum atomic E-state index is 14.6. The number of pyridine rings is 1. The molecule has 5 nitrogen and oxygen atoms in total. The highest BCUT2D eigenvalue weighted by Gasteiger charge is 2.34. The van der Waals surface area contributed by atoms with Crippen LogP contribution in [0.25, 0.3) is 22.5 Å². The van der Waals surface area contributed by atoms with Crippen LogP contribution in [0.1, 0.15) is 48.8 Å². The Labute approximate surface area is 242 Å². The van der Waals surface area contributed by atoms with Gasteiger partial charge in [-0.2, -0.15) is 4.31 Å². The highest BCUT2D eigenvalue weighted by Crippen LogP contribution is 2.34. The van der Waals surface area contributed by atoms with Crippen LogP contribution < -0.4 is 0 Å². The van der Waals surface area contributed by atoms with Crippen LogP contribution in [-0.4, -0.2) is 23.7 Å². The summed E-state index contributed by atoms with van der Waals surface area (Å²) in [5.41, 5.74) is 5.81. The molecule has 5 aromatic rings. The van der Waals surface area contributed by atoms with Crippen molar-refractivity contribution in [3.8, 4) is 22.5 Å². The zero-order valence-electron chi connectivity index (χ0n) is 23.0. The number of nitrogens with zero attached hydrogens (tertiary/aromatic N) is 2. The summed E-state index contributed by atoms with van der Waals surface area (Å²) >= 11 is 0. The molecule has 2 aromatic heterocycles. The lowest BCUT2D eigenvalue weighted by Crippen LogP contribution is -2.41. The third-order valence-electron chi connectivity index (χ3n) is 7.95. The smallest absolute Gasteiger partial charge is 0.243 e. The molecular formula is C35H34N2O3S. The van der Waals surface area contributed by atoms with Gasteiger partial charge in [-0.15, -0.1) is 0 Å². The molecule has 2 heterocycles. The van der Waals surface area contributed by atoms with Crippen LogP contribution in [0.4, 0.5) is 0 Å². The Kier molecular flexibility index (Phi) is 8.12. The summed E-state index contributed by atoms with van der Waals surface area (Å²) in [7, 11) is -3.82. The van der Waals surface area contributed by atoms with Crippen LogP contribution in [0.2, 0.25) is 0 Å². The first-order chi connectivity index (χ1) is 20.1. The quantitative estimate of drug-likeness (QED) is 0.182. The first kappa shape index (κ1) is 27.2. The van der Waals surface area contributed by atoms with E-state index < -0.39 is 10.0 Å². The highest BCUT2D eigenvalue weighted by atomic mass is 32.2. The minimum Gasteiger partial charge on any atom is -0.464 e. The molecule has 208 valence electrons. The van der Waals surface area contributed by atoms with Crippen molar-refractivity contribution in [3.05, 3.63) is 132 Å². The monoisotopic (exact) mass is 562 g/mol. The van der Waals surface area contributed by atoms with Crippen molar-refractivity contribution in [3.63, 3.8) is 0 Å². The number of furan rings is 1. The molecular weight excluding hydrogens is 528 g/mol. The summed E-state index contributed by atoms with van der Waals surface area (Å²) in [6.45, 7) is 0.342. The number of hydrogen-bond donors (Lipinski definition) is 0. The molecule has 0 saturated heterocycles. The fourth-order valence-corrected chi connectivity index (χ4v) is 7.68. The predicted octanol–water partition coefficient (Wildman–Crippen LogP) is 8.12. The molecule has 1 aliphatic rings. The minimum absolute atomic E-state index is 0.0291. The third-order valence-corrected chi connectivity index (χ3v) is 9.95. The Morgan fingerprint density at radius 2 is 1.51 bits per heavy atom. The molecule has 0 atom stereocenters. The normalized spacial score (nSPS) is 14.4. The minimum atomic E-state index is -3.82. The summed E-state index contributed by atoms with van der Waals surface area (Å²) in [5.74, 6) is 0.712. The van der Waals surface area contributed by atoms with E-state index in [1.165, 1.54) is 0 Å². The van der Waals surface area contributed by atoms with Crippen LogP contribution in [0, 0.1) is 0 Å². The van der Waals surface area contributed by atoms with E-state index in [-0.39, 0.29) is 6.04 Å². The van der Waals surface area contributed by atoms with Gasteiger partial charge >= 0.3 is 0 Å². The number of aromatic nitrogens is 1. The van der Waals surface area contributed by atoms with Crippen molar-refractivity contribution in [2.24, 2.45) is 0 Å². The average molecular weight is 563 g/mol. The Balaban J connectivity index is 1.38. The molecule has 0 spiro atoms. The number of sulfonamides is 1. The van der Waals surface area contributed by atoms with Crippen molar-refractivity contribution in [2.45, 2.75) is 56.0 Å². The maximum Gasteiger partial charge on any atom is 0.243 e. The molecule has 0 amide bonds. The second-order valence-electron chi connectivity index (χ2n) is 10.7. The van der Waals surface area contributed by atoms with Gasteiger partial charge < -0.3 is 4.42 Å². The average Bonchev–Trinajstić information content (AvgIpc) is 3.57. The fourth-order valence-electron chi connectivity index (χ4n) is 5.81. The van der Waals surface area contributed by atoms with Crippen LogP contribution in [-0.2, 0) is 23.0 Å². The van der Waals surface area contributed by atoms with E-state index >= 15 is 0 Å². The van der Waals surface area contributed by atoms with Crippen molar-refractivity contribution in [1.82, 2.24) is 9.29 Å². The molecule has 6 heteroatoms. The van der Waals surface area contributed by atoms with E-state index in [1.54, 1.807) is 29.0 Å². The van der Waals surface area contributed by atoms with Crippen LogP contribution in [0.3, 0.4) is 0 Å². The summed E-state index contributed by atoms with van der Waals surface area (Å²) in [5, 5.41) is 0.